The Kier molecular flexibility index (Phi) is 3.15. The third-order valence-electron chi connectivity index (χ3n) is 8.23. The van der Waals surface area contributed by atoms with Crippen LogP contribution in [0.15, 0.2) is 11.6 Å². The molecule has 0 amide bonds. The molecule has 126 valence electrons. The minimum Gasteiger partial charge on any atom is -0.545 e. The van der Waals surface area contributed by atoms with Gasteiger partial charge < -0.3 is 14.7 Å². The van der Waals surface area contributed by atoms with Gasteiger partial charge in [0.25, 0.3) is 0 Å². The topological polar surface area (TPSA) is 57.2 Å². The molecule has 0 heterocycles. The number of carboxylic acid groups (broad SMARTS) is 1. The van der Waals surface area contributed by atoms with E-state index in [1.807, 2.05) is 0 Å². The average Bonchev–Trinajstić information content (AvgIpc) is 2.78. The maximum atomic E-state index is 11.8. The molecule has 3 saturated carbocycles. The first kappa shape index (κ1) is 15.4. The molecule has 0 aliphatic heterocycles. The van der Waals surface area contributed by atoms with Crippen LogP contribution >= 0.6 is 0 Å². The van der Waals surface area contributed by atoms with Crippen molar-refractivity contribution in [1.29, 1.82) is 0 Å². The molecule has 6 atom stereocenters. The first-order chi connectivity index (χ1) is 10.8. The Morgan fingerprint density at radius 1 is 1.17 bits per heavy atom. The van der Waals surface area contributed by atoms with Gasteiger partial charge in [-0.1, -0.05) is 26.3 Å². The van der Waals surface area contributed by atoms with Gasteiger partial charge in [0, 0.05) is 5.41 Å². The van der Waals surface area contributed by atoms with Crippen molar-refractivity contribution in [2.24, 2.45) is 34.0 Å². The molecule has 0 aromatic rings. The third kappa shape index (κ3) is 1.88. The molecule has 1 spiro atoms. The molecule has 4 aliphatic carbocycles. The molecule has 4 aliphatic rings. The number of fused-ring (bicyclic) bond motifs is 3. The summed E-state index contributed by atoms with van der Waals surface area (Å²) in [5, 5.41) is 11.5. The second-order valence-electron chi connectivity index (χ2n) is 9.23. The highest BCUT2D eigenvalue weighted by Crippen LogP contribution is 2.70. The summed E-state index contributed by atoms with van der Waals surface area (Å²) in [6.45, 7) is 4.55. The van der Waals surface area contributed by atoms with Gasteiger partial charge >= 0.3 is 0 Å². The molecular formula is C20H27O3-. The van der Waals surface area contributed by atoms with Crippen LogP contribution in [0.5, 0.6) is 0 Å². The van der Waals surface area contributed by atoms with Crippen molar-refractivity contribution in [3.8, 4) is 0 Å². The lowest BCUT2D eigenvalue weighted by atomic mass is 9.41. The van der Waals surface area contributed by atoms with Crippen molar-refractivity contribution < 1.29 is 14.7 Å². The summed E-state index contributed by atoms with van der Waals surface area (Å²) in [7, 11) is 0. The third-order valence-corrected chi connectivity index (χ3v) is 8.23. The van der Waals surface area contributed by atoms with E-state index in [4.69, 9.17) is 0 Å². The number of carbonyl (C=O) groups excluding carboxylic acids is 2. The van der Waals surface area contributed by atoms with E-state index in [2.05, 4.69) is 19.9 Å². The lowest BCUT2D eigenvalue weighted by Crippen LogP contribution is -2.56. The Hall–Kier alpha value is -1.12. The first-order valence-electron chi connectivity index (χ1n) is 9.25. The molecule has 0 aromatic heterocycles. The van der Waals surface area contributed by atoms with Crippen molar-refractivity contribution in [2.45, 2.75) is 65.2 Å². The van der Waals surface area contributed by atoms with Gasteiger partial charge in [0.1, 0.15) is 6.29 Å². The van der Waals surface area contributed by atoms with Crippen LogP contribution in [0, 0.1) is 34.0 Å². The number of hydrogen-bond acceptors (Lipinski definition) is 3. The van der Waals surface area contributed by atoms with Crippen LogP contribution in [0.1, 0.15) is 65.2 Å². The Bertz CT molecular complexity index is 594. The quantitative estimate of drug-likeness (QED) is 0.736. The Labute approximate surface area is 138 Å². The summed E-state index contributed by atoms with van der Waals surface area (Å²) in [6.07, 6.45) is 11.8. The second-order valence-corrected chi connectivity index (χ2v) is 9.23. The maximum absolute atomic E-state index is 11.8. The lowest BCUT2D eigenvalue weighted by Gasteiger charge is -2.63. The highest BCUT2D eigenvalue weighted by atomic mass is 16.4. The smallest absolute Gasteiger partial charge is 0.126 e. The molecule has 3 heteroatoms. The lowest BCUT2D eigenvalue weighted by molar-refractivity contribution is -0.299. The number of carbonyl (C=O) groups is 2. The van der Waals surface area contributed by atoms with E-state index in [1.165, 1.54) is 12.7 Å². The summed E-state index contributed by atoms with van der Waals surface area (Å²) >= 11 is 0. The van der Waals surface area contributed by atoms with E-state index in [0.717, 1.165) is 44.9 Å². The standard InChI is InChI=1S/C20H28O3/c1-18(12-21)7-3-8-19(2)15(18)6-9-20-10-13(4-5-16(19)20)14(11-20)17(22)23/h11-13,15-16H,3-10H2,1-2H3,(H,22,23)/p-1/t13-,15?,16?,18+,19-,20+/m1/s1. The monoisotopic (exact) mass is 315 g/mol. The van der Waals surface area contributed by atoms with Gasteiger partial charge in [-0.25, -0.2) is 0 Å². The molecule has 0 aromatic carbocycles. The van der Waals surface area contributed by atoms with Gasteiger partial charge in [0.05, 0.1) is 5.97 Å². The summed E-state index contributed by atoms with van der Waals surface area (Å²) in [6, 6.07) is 0. The van der Waals surface area contributed by atoms with Crippen LogP contribution in [0.4, 0.5) is 0 Å². The average molecular weight is 315 g/mol. The predicted molar refractivity (Wildman–Crippen MR) is 85.2 cm³/mol. The highest BCUT2D eigenvalue weighted by molar-refractivity contribution is 5.86. The van der Waals surface area contributed by atoms with Crippen LogP contribution in [0.3, 0.4) is 0 Å². The van der Waals surface area contributed by atoms with Crippen LogP contribution in [-0.4, -0.2) is 12.3 Å². The molecule has 2 bridgehead atoms. The molecule has 0 radical (unpaired) electrons. The van der Waals surface area contributed by atoms with Gasteiger partial charge in [-0.2, -0.15) is 0 Å². The number of aliphatic carboxylic acids is 1. The van der Waals surface area contributed by atoms with Crippen LogP contribution in [0.25, 0.3) is 0 Å². The molecule has 4 rings (SSSR count). The number of allylic oxidation sites excluding steroid dienone is 1. The maximum Gasteiger partial charge on any atom is 0.126 e. The summed E-state index contributed by atoms with van der Waals surface area (Å²) in [5.41, 5.74) is 0.619. The van der Waals surface area contributed by atoms with E-state index in [1.54, 1.807) is 0 Å². The fourth-order valence-electron chi connectivity index (χ4n) is 7.35. The highest BCUT2D eigenvalue weighted by Gasteiger charge is 2.62. The summed E-state index contributed by atoms with van der Waals surface area (Å²) in [4.78, 5) is 23.3. The molecule has 0 saturated heterocycles. The van der Waals surface area contributed by atoms with Gasteiger partial charge in [-0.15, -0.1) is 0 Å². The molecule has 3 nitrogen and oxygen atoms in total. The molecule has 23 heavy (non-hydrogen) atoms. The minimum absolute atomic E-state index is 0.0602. The molecule has 2 unspecified atom stereocenters. The fraction of sp³-hybridized carbons (Fsp3) is 0.800. The Balaban J connectivity index is 1.76. The normalized spacial score (nSPS) is 51.4. The number of hydrogen-bond donors (Lipinski definition) is 0. The minimum atomic E-state index is -0.957. The zero-order valence-corrected chi connectivity index (χ0v) is 14.3. The predicted octanol–water partition coefficient (Wildman–Crippen LogP) is 2.88. The van der Waals surface area contributed by atoms with Crippen molar-refractivity contribution in [2.75, 3.05) is 0 Å². The molecular weight excluding hydrogens is 288 g/mol. The van der Waals surface area contributed by atoms with Gasteiger partial charge in [0.2, 0.25) is 0 Å². The van der Waals surface area contributed by atoms with Crippen molar-refractivity contribution in [3.05, 3.63) is 11.6 Å². The van der Waals surface area contributed by atoms with E-state index < -0.39 is 5.97 Å². The van der Waals surface area contributed by atoms with Crippen molar-refractivity contribution in [1.82, 2.24) is 0 Å². The summed E-state index contributed by atoms with van der Waals surface area (Å²) < 4.78 is 0. The Morgan fingerprint density at radius 2 is 1.96 bits per heavy atom. The van der Waals surface area contributed by atoms with E-state index in [0.29, 0.717) is 17.4 Å². The van der Waals surface area contributed by atoms with E-state index in [-0.39, 0.29) is 22.2 Å². The second kappa shape index (κ2) is 4.70. The van der Waals surface area contributed by atoms with E-state index >= 15 is 0 Å². The zero-order valence-electron chi connectivity index (χ0n) is 14.3. The van der Waals surface area contributed by atoms with Gasteiger partial charge in [-0.05, 0) is 79.1 Å². The van der Waals surface area contributed by atoms with Gasteiger partial charge in [-0.3, -0.25) is 0 Å². The first-order valence-corrected chi connectivity index (χ1v) is 9.25. The summed E-state index contributed by atoms with van der Waals surface area (Å²) in [5.74, 6) is 0.230. The zero-order chi connectivity index (χ0) is 16.5. The van der Waals surface area contributed by atoms with Crippen molar-refractivity contribution >= 4 is 12.3 Å². The Morgan fingerprint density at radius 3 is 2.65 bits per heavy atom. The van der Waals surface area contributed by atoms with Crippen LogP contribution in [0.2, 0.25) is 0 Å². The number of aldehydes is 1. The molecule has 3 fully saturated rings. The van der Waals surface area contributed by atoms with Crippen LogP contribution < -0.4 is 5.11 Å². The fourth-order valence-corrected chi connectivity index (χ4v) is 7.35. The van der Waals surface area contributed by atoms with Crippen molar-refractivity contribution in [3.63, 3.8) is 0 Å². The number of rotatable bonds is 2. The van der Waals surface area contributed by atoms with E-state index in [9.17, 15) is 14.7 Å². The van der Waals surface area contributed by atoms with Gasteiger partial charge in [0.15, 0.2) is 0 Å². The van der Waals surface area contributed by atoms with Crippen LogP contribution in [-0.2, 0) is 9.59 Å². The SMILES string of the molecule is C[C@@]12CCC[C@@](C)(C=O)C1CC[C@]13C=C(C(=O)[O-])[C@H](CCC12)C3. The molecule has 0 N–H and O–H groups in total. The number of carboxylic acids is 1. The largest absolute Gasteiger partial charge is 0.545 e.